The van der Waals surface area contributed by atoms with Crippen molar-refractivity contribution in [1.82, 2.24) is 16.0 Å². The van der Waals surface area contributed by atoms with Gasteiger partial charge in [-0.25, -0.2) is 4.79 Å². The fourth-order valence-electron chi connectivity index (χ4n) is 2.93. The first-order valence-electron chi connectivity index (χ1n) is 11.1. The summed E-state index contributed by atoms with van der Waals surface area (Å²) >= 11 is 0. The molecule has 0 aromatic heterocycles. The lowest BCUT2D eigenvalue weighted by Crippen LogP contribution is -2.57. The van der Waals surface area contributed by atoms with E-state index in [2.05, 4.69) is 20.9 Å². The zero-order valence-electron chi connectivity index (χ0n) is 20.0. The fourth-order valence-corrected chi connectivity index (χ4v) is 2.93. The van der Waals surface area contributed by atoms with Crippen LogP contribution in [0.2, 0.25) is 0 Å². The SMILES string of the molecule is CC(C)CC(NC(=O)C(CCC(N)=O)NC(=O)C(N)CO)C(=O)NC(CCCN=C(N)N)C(=O)O. The van der Waals surface area contributed by atoms with Gasteiger partial charge in [0, 0.05) is 13.0 Å². The van der Waals surface area contributed by atoms with Gasteiger partial charge in [-0.1, -0.05) is 13.8 Å². The highest BCUT2D eigenvalue weighted by molar-refractivity contribution is 5.94. The minimum absolute atomic E-state index is 0.0382. The monoisotopic (exact) mass is 502 g/mol. The molecule has 0 spiro atoms. The predicted octanol–water partition coefficient (Wildman–Crippen LogP) is -3.79. The van der Waals surface area contributed by atoms with Crippen LogP contribution in [0.4, 0.5) is 0 Å². The topological polar surface area (TPSA) is 278 Å². The molecule has 15 nitrogen and oxygen atoms in total. The normalized spacial score (nSPS) is 14.2. The second kappa shape index (κ2) is 16.2. The number of carboxylic acid groups (broad SMARTS) is 1. The van der Waals surface area contributed by atoms with Gasteiger partial charge in [-0.2, -0.15) is 0 Å². The van der Waals surface area contributed by atoms with Crippen LogP contribution in [0.1, 0.15) is 46.0 Å². The number of aliphatic hydroxyl groups excluding tert-OH is 1. The van der Waals surface area contributed by atoms with Crippen molar-refractivity contribution in [3.8, 4) is 0 Å². The van der Waals surface area contributed by atoms with E-state index in [4.69, 9.17) is 28.0 Å². The van der Waals surface area contributed by atoms with E-state index in [1.807, 2.05) is 0 Å². The molecule has 4 atom stereocenters. The third kappa shape index (κ3) is 13.7. The maximum Gasteiger partial charge on any atom is 0.326 e. The van der Waals surface area contributed by atoms with Gasteiger partial charge in [0.25, 0.3) is 0 Å². The number of aliphatic imine (C=N–C) groups is 1. The Kier molecular flexibility index (Phi) is 14.6. The molecule has 0 aromatic carbocycles. The highest BCUT2D eigenvalue weighted by Gasteiger charge is 2.30. The molecule has 200 valence electrons. The molecule has 15 heteroatoms. The lowest BCUT2D eigenvalue weighted by Gasteiger charge is -2.26. The summed E-state index contributed by atoms with van der Waals surface area (Å²) in [5, 5.41) is 25.7. The van der Waals surface area contributed by atoms with E-state index in [-0.39, 0.29) is 50.5 Å². The molecular formula is C20H38N8O7. The minimum atomic E-state index is -1.30. The number of hydrogen-bond acceptors (Lipinski definition) is 8. The molecule has 0 aliphatic rings. The molecule has 0 aliphatic heterocycles. The first-order valence-corrected chi connectivity index (χ1v) is 11.1. The van der Waals surface area contributed by atoms with E-state index in [9.17, 15) is 29.1 Å². The quantitative estimate of drug-likeness (QED) is 0.0531. The minimum Gasteiger partial charge on any atom is -0.480 e. The van der Waals surface area contributed by atoms with E-state index in [1.54, 1.807) is 13.8 Å². The summed E-state index contributed by atoms with van der Waals surface area (Å²) in [6, 6.07) is -4.97. The van der Waals surface area contributed by atoms with Crippen LogP contribution < -0.4 is 38.9 Å². The smallest absolute Gasteiger partial charge is 0.326 e. The highest BCUT2D eigenvalue weighted by Crippen LogP contribution is 2.08. The number of carbonyl (C=O) groups is 5. The molecule has 0 aromatic rings. The van der Waals surface area contributed by atoms with Gasteiger partial charge < -0.3 is 49.1 Å². The molecule has 4 amide bonds. The van der Waals surface area contributed by atoms with Gasteiger partial charge >= 0.3 is 5.97 Å². The van der Waals surface area contributed by atoms with Crippen molar-refractivity contribution in [3.05, 3.63) is 0 Å². The Balaban J connectivity index is 5.47. The standard InChI is InChI=1S/C20H38N8O7/c1-10(2)8-14(18(33)27-13(19(34)35)4-3-7-25-20(23)24)28-17(32)12(5-6-15(22)30)26-16(31)11(21)9-29/h10-14,29H,3-9,21H2,1-2H3,(H2,22,30)(H,26,31)(H,27,33)(H,28,32)(H,34,35)(H4,23,24,25). The molecule has 13 N–H and O–H groups in total. The number of rotatable bonds is 17. The Labute approximate surface area is 203 Å². The third-order valence-corrected chi connectivity index (χ3v) is 4.75. The summed E-state index contributed by atoms with van der Waals surface area (Å²) in [5.41, 5.74) is 21.1. The second-order valence-corrected chi connectivity index (χ2v) is 8.39. The largest absolute Gasteiger partial charge is 0.480 e. The first kappa shape index (κ1) is 31.5. The number of amides is 4. The van der Waals surface area contributed by atoms with Gasteiger partial charge in [-0.3, -0.25) is 24.2 Å². The number of nitrogens with two attached hydrogens (primary N) is 4. The van der Waals surface area contributed by atoms with E-state index >= 15 is 0 Å². The Morgan fingerprint density at radius 2 is 1.40 bits per heavy atom. The molecule has 35 heavy (non-hydrogen) atoms. The number of nitrogens with one attached hydrogen (secondary N) is 3. The molecule has 0 fully saturated rings. The number of primary amides is 1. The summed E-state index contributed by atoms with van der Waals surface area (Å²) in [7, 11) is 0. The first-order chi connectivity index (χ1) is 16.3. The lowest BCUT2D eigenvalue weighted by molar-refractivity contribution is -0.142. The Morgan fingerprint density at radius 1 is 0.857 bits per heavy atom. The Morgan fingerprint density at radius 3 is 1.89 bits per heavy atom. The van der Waals surface area contributed by atoms with Crippen molar-refractivity contribution >= 4 is 35.6 Å². The average molecular weight is 503 g/mol. The van der Waals surface area contributed by atoms with E-state index < -0.39 is 60.4 Å². The van der Waals surface area contributed by atoms with Crippen molar-refractivity contribution in [2.45, 2.75) is 70.1 Å². The van der Waals surface area contributed by atoms with Crippen molar-refractivity contribution in [1.29, 1.82) is 0 Å². The number of aliphatic carboxylic acids is 1. The van der Waals surface area contributed by atoms with Gasteiger partial charge in [0.15, 0.2) is 5.96 Å². The maximum absolute atomic E-state index is 12.9. The van der Waals surface area contributed by atoms with Crippen molar-refractivity contribution in [2.75, 3.05) is 13.2 Å². The molecule has 0 bridgehead atoms. The molecule has 0 aliphatic carbocycles. The van der Waals surface area contributed by atoms with Crippen LogP contribution in [0, 0.1) is 5.92 Å². The van der Waals surface area contributed by atoms with Crippen LogP contribution >= 0.6 is 0 Å². The Bertz CT molecular complexity index is 771. The zero-order chi connectivity index (χ0) is 27.1. The van der Waals surface area contributed by atoms with Gasteiger partial charge in [-0.15, -0.1) is 0 Å². The predicted molar refractivity (Wildman–Crippen MR) is 126 cm³/mol. The summed E-state index contributed by atoms with van der Waals surface area (Å²) < 4.78 is 0. The van der Waals surface area contributed by atoms with Crippen LogP contribution in [-0.2, 0) is 24.0 Å². The van der Waals surface area contributed by atoms with E-state index in [0.717, 1.165) is 0 Å². The average Bonchev–Trinajstić information content (AvgIpc) is 2.76. The molecule has 0 saturated heterocycles. The Hall–Kier alpha value is -3.46. The van der Waals surface area contributed by atoms with Crippen molar-refractivity contribution in [3.63, 3.8) is 0 Å². The van der Waals surface area contributed by atoms with Gasteiger partial charge in [0.1, 0.15) is 24.2 Å². The van der Waals surface area contributed by atoms with E-state index in [1.165, 1.54) is 0 Å². The van der Waals surface area contributed by atoms with Gasteiger partial charge in [-0.05, 0) is 31.6 Å². The number of aliphatic hydroxyl groups is 1. The van der Waals surface area contributed by atoms with Crippen LogP contribution in [0.15, 0.2) is 4.99 Å². The van der Waals surface area contributed by atoms with E-state index in [0.29, 0.717) is 0 Å². The maximum atomic E-state index is 12.9. The third-order valence-electron chi connectivity index (χ3n) is 4.75. The van der Waals surface area contributed by atoms with Gasteiger partial charge in [0.05, 0.1) is 6.61 Å². The summed E-state index contributed by atoms with van der Waals surface area (Å²) in [4.78, 5) is 64.3. The summed E-state index contributed by atoms with van der Waals surface area (Å²) in [6.45, 7) is 3.09. The molecule has 0 radical (unpaired) electrons. The molecule has 0 rings (SSSR count). The zero-order valence-corrected chi connectivity index (χ0v) is 20.0. The second-order valence-electron chi connectivity index (χ2n) is 8.39. The fraction of sp³-hybridized carbons (Fsp3) is 0.700. The van der Waals surface area contributed by atoms with Crippen LogP contribution in [-0.4, -0.2) is 83.1 Å². The summed E-state index contributed by atoms with van der Waals surface area (Å²) in [5.74, 6) is -4.59. The number of carbonyl (C=O) groups excluding carboxylic acids is 4. The molecule has 0 heterocycles. The number of carboxylic acids is 1. The molecule has 0 saturated carbocycles. The van der Waals surface area contributed by atoms with Gasteiger partial charge in [0.2, 0.25) is 23.6 Å². The van der Waals surface area contributed by atoms with Crippen LogP contribution in [0.5, 0.6) is 0 Å². The van der Waals surface area contributed by atoms with Crippen LogP contribution in [0.25, 0.3) is 0 Å². The summed E-state index contributed by atoms with van der Waals surface area (Å²) in [6.07, 6.45) is 0.0536. The molecular weight excluding hydrogens is 464 g/mol. The van der Waals surface area contributed by atoms with Crippen molar-refractivity contribution in [2.24, 2.45) is 33.8 Å². The lowest BCUT2D eigenvalue weighted by atomic mass is 10.0. The highest BCUT2D eigenvalue weighted by atomic mass is 16.4. The number of hydrogen-bond donors (Lipinski definition) is 9. The molecule has 4 unspecified atom stereocenters. The number of guanidine groups is 1. The number of nitrogens with zero attached hydrogens (tertiary/aromatic N) is 1. The van der Waals surface area contributed by atoms with Crippen molar-refractivity contribution < 1.29 is 34.2 Å². The van der Waals surface area contributed by atoms with Crippen LogP contribution in [0.3, 0.4) is 0 Å².